The third-order valence-corrected chi connectivity index (χ3v) is 3.92. The molecule has 6 nitrogen and oxygen atoms in total. The minimum atomic E-state index is 0.0840. The Kier molecular flexibility index (Phi) is 4.17. The van der Waals surface area contributed by atoms with Crippen molar-refractivity contribution < 1.29 is 4.79 Å². The monoisotopic (exact) mass is 287 g/mol. The molecule has 112 valence electrons. The van der Waals surface area contributed by atoms with Gasteiger partial charge in [-0.1, -0.05) is 12.1 Å². The number of fused-ring (bicyclic) bond motifs is 1. The van der Waals surface area contributed by atoms with Gasteiger partial charge < -0.3 is 10.3 Å². The maximum atomic E-state index is 11.4. The second kappa shape index (κ2) is 6.24. The van der Waals surface area contributed by atoms with Crippen LogP contribution in [0.1, 0.15) is 5.82 Å². The number of rotatable bonds is 4. The van der Waals surface area contributed by atoms with E-state index in [0.717, 1.165) is 49.6 Å². The third-order valence-electron chi connectivity index (χ3n) is 3.92. The summed E-state index contributed by atoms with van der Waals surface area (Å²) in [7, 11) is 1.68. The first kappa shape index (κ1) is 14.0. The number of amides is 1. The van der Waals surface area contributed by atoms with E-state index in [1.165, 1.54) is 0 Å². The molecular formula is C15H21N5O. The lowest BCUT2D eigenvalue weighted by Gasteiger charge is -2.33. The number of piperazine rings is 1. The number of nitrogens with one attached hydrogen (secondary N) is 2. The Balaban J connectivity index is 1.54. The minimum Gasteiger partial charge on any atom is -0.358 e. The van der Waals surface area contributed by atoms with E-state index in [1.807, 2.05) is 24.3 Å². The molecule has 1 saturated heterocycles. The van der Waals surface area contributed by atoms with Crippen LogP contribution in [0.4, 0.5) is 0 Å². The number of imidazole rings is 1. The van der Waals surface area contributed by atoms with Gasteiger partial charge in [0.05, 0.1) is 24.1 Å². The summed E-state index contributed by atoms with van der Waals surface area (Å²) in [6.07, 6.45) is 0. The Morgan fingerprint density at radius 1 is 1.24 bits per heavy atom. The quantitative estimate of drug-likeness (QED) is 0.856. The molecule has 0 atom stereocenters. The molecule has 21 heavy (non-hydrogen) atoms. The van der Waals surface area contributed by atoms with Crippen molar-refractivity contribution in [2.45, 2.75) is 6.54 Å². The van der Waals surface area contributed by atoms with Gasteiger partial charge in [-0.15, -0.1) is 0 Å². The predicted octanol–water partition coefficient (Wildman–Crippen LogP) is 0.427. The first-order valence-electron chi connectivity index (χ1n) is 7.33. The molecule has 1 aliphatic rings. The van der Waals surface area contributed by atoms with E-state index < -0.39 is 0 Å². The number of H-pyrrole nitrogens is 1. The zero-order chi connectivity index (χ0) is 14.7. The highest BCUT2D eigenvalue weighted by Crippen LogP contribution is 2.12. The lowest BCUT2D eigenvalue weighted by atomic mass is 10.3. The Hall–Kier alpha value is -1.92. The fourth-order valence-electron chi connectivity index (χ4n) is 2.68. The number of aromatic amines is 1. The van der Waals surface area contributed by atoms with E-state index in [9.17, 15) is 4.79 Å². The van der Waals surface area contributed by atoms with Crippen molar-refractivity contribution in [3.05, 3.63) is 30.1 Å². The van der Waals surface area contributed by atoms with Crippen LogP contribution in [0.2, 0.25) is 0 Å². The Morgan fingerprint density at radius 3 is 2.67 bits per heavy atom. The fourth-order valence-corrected chi connectivity index (χ4v) is 2.68. The summed E-state index contributed by atoms with van der Waals surface area (Å²) < 4.78 is 0. The zero-order valence-electron chi connectivity index (χ0n) is 12.3. The summed E-state index contributed by atoms with van der Waals surface area (Å²) >= 11 is 0. The molecule has 0 radical (unpaired) electrons. The topological polar surface area (TPSA) is 64.3 Å². The molecule has 2 heterocycles. The molecule has 2 N–H and O–H groups in total. The van der Waals surface area contributed by atoms with Crippen molar-refractivity contribution >= 4 is 16.9 Å². The molecule has 0 spiro atoms. The summed E-state index contributed by atoms with van der Waals surface area (Å²) in [5.41, 5.74) is 2.11. The molecule has 1 fully saturated rings. The van der Waals surface area contributed by atoms with Crippen molar-refractivity contribution in [3.63, 3.8) is 0 Å². The summed E-state index contributed by atoms with van der Waals surface area (Å²) in [6.45, 7) is 5.11. The fraction of sp³-hybridized carbons (Fsp3) is 0.467. The molecule has 1 aliphatic heterocycles. The van der Waals surface area contributed by atoms with Crippen LogP contribution >= 0.6 is 0 Å². The van der Waals surface area contributed by atoms with Gasteiger partial charge in [0.2, 0.25) is 5.91 Å². The second-order valence-electron chi connectivity index (χ2n) is 5.43. The van der Waals surface area contributed by atoms with Crippen LogP contribution in [0, 0.1) is 0 Å². The maximum Gasteiger partial charge on any atom is 0.233 e. The summed E-state index contributed by atoms with van der Waals surface area (Å²) in [4.78, 5) is 23.9. The molecule has 1 aromatic carbocycles. The van der Waals surface area contributed by atoms with E-state index in [-0.39, 0.29) is 5.91 Å². The number of carbonyl (C=O) groups is 1. The van der Waals surface area contributed by atoms with Crippen LogP contribution in [0.15, 0.2) is 24.3 Å². The van der Waals surface area contributed by atoms with E-state index >= 15 is 0 Å². The van der Waals surface area contributed by atoms with E-state index in [4.69, 9.17) is 0 Å². The standard InChI is InChI=1S/C15H21N5O/c1-16-15(21)11-20-8-6-19(7-9-20)10-14-17-12-4-2-3-5-13(12)18-14/h2-5H,6-11H2,1H3,(H,16,21)(H,17,18). The molecule has 0 unspecified atom stereocenters. The van der Waals surface area contributed by atoms with Gasteiger partial charge >= 0.3 is 0 Å². The SMILES string of the molecule is CNC(=O)CN1CCN(Cc2nc3ccccc3[nH]2)CC1. The number of likely N-dealkylation sites (N-methyl/N-ethyl adjacent to an activating group) is 1. The zero-order valence-corrected chi connectivity index (χ0v) is 12.3. The highest BCUT2D eigenvalue weighted by atomic mass is 16.1. The number of hydrogen-bond acceptors (Lipinski definition) is 4. The third kappa shape index (κ3) is 3.40. The summed E-state index contributed by atoms with van der Waals surface area (Å²) in [5.74, 6) is 1.09. The van der Waals surface area contributed by atoms with E-state index in [1.54, 1.807) is 7.05 Å². The number of aromatic nitrogens is 2. The van der Waals surface area contributed by atoms with Crippen LogP contribution in [-0.2, 0) is 11.3 Å². The van der Waals surface area contributed by atoms with Crippen molar-refractivity contribution in [1.29, 1.82) is 0 Å². The lowest BCUT2D eigenvalue weighted by Crippen LogP contribution is -2.48. The minimum absolute atomic E-state index is 0.0840. The molecule has 2 aromatic rings. The molecule has 1 aromatic heterocycles. The maximum absolute atomic E-state index is 11.4. The lowest BCUT2D eigenvalue weighted by molar-refractivity contribution is -0.122. The molecule has 0 bridgehead atoms. The van der Waals surface area contributed by atoms with Gasteiger partial charge in [0, 0.05) is 33.2 Å². The van der Waals surface area contributed by atoms with Crippen molar-refractivity contribution in [1.82, 2.24) is 25.1 Å². The van der Waals surface area contributed by atoms with Gasteiger partial charge in [0.15, 0.2) is 0 Å². The predicted molar refractivity (Wildman–Crippen MR) is 81.9 cm³/mol. The van der Waals surface area contributed by atoms with Crippen LogP contribution in [-0.4, -0.2) is 65.4 Å². The average molecular weight is 287 g/mol. The normalized spacial score (nSPS) is 17.2. The van der Waals surface area contributed by atoms with Gasteiger partial charge in [0.25, 0.3) is 0 Å². The number of nitrogens with zero attached hydrogens (tertiary/aromatic N) is 3. The van der Waals surface area contributed by atoms with Gasteiger partial charge in [-0.3, -0.25) is 14.6 Å². The van der Waals surface area contributed by atoms with E-state index in [0.29, 0.717) is 6.54 Å². The van der Waals surface area contributed by atoms with Crippen molar-refractivity contribution in [2.24, 2.45) is 0 Å². The Labute approximate surface area is 124 Å². The summed E-state index contributed by atoms with van der Waals surface area (Å²) in [6, 6.07) is 8.09. The Morgan fingerprint density at radius 2 is 1.95 bits per heavy atom. The van der Waals surface area contributed by atoms with Gasteiger partial charge in [-0.2, -0.15) is 0 Å². The molecular weight excluding hydrogens is 266 g/mol. The number of para-hydroxylation sites is 2. The smallest absolute Gasteiger partial charge is 0.233 e. The number of hydrogen-bond donors (Lipinski definition) is 2. The highest BCUT2D eigenvalue weighted by molar-refractivity contribution is 5.77. The highest BCUT2D eigenvalue weighted by Gasteiger charge is 2.19. The van der Waals surface area contributed by atoms with Gasteiger partial charge in [0.1, 0.15) is 5.82 Å². The molecule has 3 rings (SSSR count). The molecule has 1 amide bonds. The molecule has 0 saturated carbocycles. The van der Waals surface area contributed by atoms with Crippen LogP contribution < -0.4 is 5.32 Å². The van der Waals surface area contributed by atoms with E-state index in [2.05, 4.69) is 25.1 Å². The van der Waals surface area contributed by atoms with Crippen LogP contribution in [0.5, 0.6) is 0 Å². The number of benzene rings is 1. The largest absolute Gasteiger partial charge is 0.358 e. The van der Waals surface area contributed by atoms with Crippen LogP contribution in [0.3, 0.4) is 0 Å². The van der Waals surface area contributed by atoms with Crippen molar-refractivity contribution in [2.75, 3.05) is 39.8 Å². The first-order valence-corrected chi connectivity index (χ1v) is 7.33. The molecule has 6 heteroatoms. The number of carbonyl (C=O) groups excluding carboxylic acids is 1. The second-order valence-corrected chi connectivity index (χ2v) is 5.43. The average Bonchev–Trinajstić information content (AvgIpc) is 2.91. The van der Waals surface area contributed by atoms with Crippen LogP contribution in [0.25, 0.3) is 11.0 Å². The Bertz CT molecular complexity index is 582. The van der Waals surface area contributed by atoms with Gasteiger partial charge in [-0.05, 0) is 12.1 Å². The molecule has 0 aliphatic carbocycles. The first-order chi connectivity index (χ1) is 10.2. The van der Waals surface area contributed by atoms with Gasteiger partial charge in [-0.25, -0.2) is 4.98 Å². The van der Waals surface area contributed by atoms with Crippen molar-refractivity contribution in [3.8, 4) is 0 Å². The summed E-state index contributed by atoms with van der Waals surface area (Å²) in [5, 5.41) is 2.67.